The van der Waals surface area contributed by atoms with Gasteiger partial charge < -0.3 is 14.7 Å². The summed E-state index contributed by atoms with van der Waals surface area (Å²) in [6, 6.07) is 14.2. The third kappa shape index (κ3) is 5.03. The Labute approximate surface area is 198 Å². The molecule has 1 aliphatic rings. The Morgan fingerprint density at radius 3 is 2.76 bits per heavy atom. The lowest BCUT2D eigenvalue weighted by Crippen LogP contribution is -2.11. The fourth-order valence-electron chi connectivity index (χ4n) is 3.27. The maximum Gasteiger partial charge on any atom is 0.257 e. The van der Waals surface area contributed by atoms with Crippen molar-refractivity contribution in [1.29, 1.82) is 0 Å². The Balaban J connectivity index is 1.20. The summed E-state index contributed by atoms with van der Waals surface area (Å²) >= 11 is 1.35. The van der Waals surface area contributed by atoms with Gasteiger partial charge in [0, 0.05) is 40.6 Å². The first-order valence-corrected chi connectivity index (χ1v) is 11.2. The largest absolute Gasteiger partial charge is 0.363 e. The van der Waals surface area contributed by atoms with E-state index in [9.17, 15) is 9.59 Å². The van der Waals surface area contributed by atoms with Crippen molar-refractivity contribution in [3.63, 3.8) is 0 Å². The number of benzene rings is 2. The van der Waals surface area contributed by atoms with Gasteiger partial charge >= 0.3 is 0 Å². The van der Waals surface area contributed by atoms with Crippen LogP contribution in [0.2, 0.25) is 0 Å². The highest BCUT2D eigenvalue weighted by Gasteiger charge is 2.15. The number of hydrogen-bond acceptors (Lipinski definition) is 8. The van der Waals surface area contributed by atoms with Crippen molar-refractivity contribution in [2.45, 2.75) is 6.42 Å². The van der Waals surface area contributed by atoms with E-state index in [0.717, 1.165) is 28.8 Å². The minimum absolute atomic E-state index is 0.267. The minimum atomic E-state index is -0.338. The number of thiazole rings is 1. The van der Waals surface area contributed by atoms with E-state index in [2.05, 4.69) is 25.3 Å². The average Bonchev–Trinajstić information content (AvgIpc) is 3.55. The van der Waals surface area contributed by atoms with Gasteiger partial charge in [-0.2, -0.15) is 4.89 Å². The molecule has 2 amide bonds. The van der Waals surface area contributed by atoms with Crippen LogP contribution in [0.4, 0.5) is 10.9 Å². The maximum absolute atomic E-state index is 12.6. The van der Waals surface area contributed by atoms with Crippen molar-refractivity contribution in [3.05, 3.63) is 82.9 Å². The van der Waals surface area contributed by atoms with Crippen molar-refractivity contribution < 1.29 is 23.9 Å². The molecule has 170 valence electrons. The number of amides is 2. The molecule has 2 N–H and O–H groups in total. The smallest absolute Gasteiger partial charge is 0.257 e. The monoisotopic (exact) mass is 474 g/mol. The summed E-state index contributed by atoms with van der Waals surface area (Å²) in [6.45, 7) is 0.513. The lowest BCUT2D eigenvalue weighted by molar-refractivity contribution is -0.215. The molecule has 0 saturated heterocycles. The Morgan fingerprint density at radius 1 is 1.06 bits per heavy atom. The minimum Gasteiger partial charge on any atom is -0.363 e. The maximum atomic E-state index is 12.6. The second-order valence-corrected chi connectivity index (χ2v) is 8.16. The molecule has 0 radical (unpaired) electrons. The number of carbonyl (C=O) groups excluding carboxylic acids is 2. The summed E-state index contributed by atoms with van der Waals surface area (Å²) < 4.78 is 4.66. The molecule has 34 heavy (non-hydrogen) atoms. The third-order valence-electron chi connectivity index (χ3n) is 4.97. The zero-order valence-corrected chi connectivity index (χ0v) is 18.5. The molecule has 0 fully saturated rings. The number of carbonyl (C=O) groups is 2. The number of hydrogen-bond donors (Lipinski definition) is 2. The molecule has 3 heterocycles. The molecular formula is C24H18N4O5S. The first kappa shape index (κ1) is 21.6. The van der Waals surface area contributed by atoms with Crippen LogP contribution < -0.4 is 15.5 Å². The predicted octanol–water partition coefficient (Wildman–Crippen LogP) is 4.57. The molecule has 0 spiro atoms. The van der Waals surface area contributed by atoms with Crippen molar-refractivity contribution in [2.75, 3.05) is 17.2 Å². The van der Waals surface area contributed by atoms with Crippen LogP contribution in [-0.2, 0) is 16.1 Å². The Bertz CT molecular complexity index is 1350. The molecular weight excluding hydrogens is 456 g/mol. The molecule has 0 unspecified atom stereocenters. The van der Waals surface area contributed by atoms with E-state index in [1.165, 1.54) is 23.7 Å². The second kappa shape index (κ2) is 9.69. The van der Waals surface area contributed by atoms with Crippen LogP contribution in [-0.4, -0.2) is 28.6 Å². The number of fused-ring (bicyclic) bond motifs is 1. The molecule has 0 atom stereocenters. The van der Waals surface area contributed by atoms with E-state index in [4.69, 9.17) is 9.78 Å². The fraction of sp³-hybridized carbons (Fsp3) is 0.0833. The molecule has 9 nitrogen and oxygen atoms in total. The average molecular weight is 474 g/mol. The van der Waals surface area contributed by atoms with Crippen molar-refractivity contribution in [1.82, 2.24) is 10.1 Å². The fourth-order valence-corrected chi connectivity index (χ4v) is 3.98. The van der Waals surface area contributed by atoms with Crippen molar-refractivity contribution in [3.8, 4) is 17.0 Å². The van der Waals surface area contributed by atoms with Gasteiger partial charge in [-0.05, 0) is 42.0 Å². The normalized spacial score (nSPS) is 12.7. The van der Waals surface area contributed by atoms with E-state index >= 15 is 0 Å². The van der Waals surface area contributed by atoms with E-state index in [0.29, 0.717) is 28.9 Å². The van der Waals surface area contributed by atoms with Gasteiger partial charge in [-0.15, -0.1) is 11.3 Å². The summed E-state index contributed by atoms with van der Waals surface area (Å²) in [4.78, 5) is 39.2. The highest BCUT2D eigenvalue weighted by molar-refractivity contribution is 7.14. The summed E-state index contributed by atoms with van der Waals surface area (Å²) in [7, 11) is 0. The second-order valence-electron chi connectivity index (χ2n) is 7.30. The molecule has 4 aromatic rings. The Hall–Kier alpha value is -4.28. The van der Waals surface area contributed by atoms with Gasteiger partial charge in [0.15, 0.2) is 16.7 Å². The topological polar surface area (TPSA) is 116 Å². The first-order chi connectivity index (χ1) is 16.6. The first-order valence-electron chi connectivity index (χ1n) is 10.3. The third-order valence-corrected chi connectivity index (χ3v) is 5.73. The number of nitrogens with zero attached hydrogens (tertiary/aromatic N) is 2. The Kier molecular flexibility index (Phi) is 6.15. The van der Waals surface area contributed by atoms with Crippen LogP contribution in [0.5, 0.6) is 5.75 Å². The molecule has 0 bridgehead atoms. The van der Waals surface area contributed by atoms with Gasteiger partial charge in [0.1, 0.15) is 6.26 Å². The van der Waals surface area contributed by atoms with Crippen LogP contribution in [0.15, 0.2) is 70.8 Å². The number of aromatic nitrogens is 2. The predicted molar refractivity (Wildman–Crippen MR) is 126 cm³/mol. The molecule has 2 aromatic carbocycles. The van der Waals surface area contributed by atoms with Crippen LogP contribution in [0.3, 0.4) is 0 Å². The number of rotatable bonds is 6. The van der Waals surface area contributed by atoms with Crippen LogP contribution in [0.1, 0.15) is 21.5 Å². The highest BCUT2D eigenvalue weighted by Crippen LogP contribution is 2.31. The molecule has 5 rings (SSSR count). The van der Waals surface area contributed by atoms with Gasteiger partial charge in [-0.1, -0.05) is 17.3 Å². The zero-order valence-electron chi connectivity index (χ0n) is 17.7. The van der Waals surface area contributed by atoms with Crippen LogP contribution in [0.25, 0.3) is 17.3 Å². The summed E-state index contributed by atoms with van der Waals surface area (Å²) in [5.74, 6) is 0.446. The van der Waals surface area contributed by atoms with E-state index in [-0.39, 0.29) is 11.8 Å². The number of nitrogens with one attached hydrogen (secondary N) is 2. The van der Waals surface area contributed by atoms with Gasteiger partial charge in [0.25, 0.3) is 5.91 Å². The van der Waals surface area contributed by atoms with E-state index < -0.39 is 0 Å². The SMILES string of the molecule is O=C(/C=C/c1ccc(C(=O)Nc2nc(-c3ccc4c(c3)CCOO4)cs2)cc1)Nc1ccon1. The van der Waals surface area contributed by atoms with Crippen molar-refractivity contribution in [2.24, 2.45) is 0 Å². The molecule has 1 aliphatic heterocycles. The van der Waals surface area contributed by atoms with Crippen LogP contribution in [0, 0.1) is 0 Å². The lowest BCUT2D eigenvalue weighted by Gasteiger charge is -2.15. The standard InChI is InChI=1S/C24H18N4O5S/c29-22(26-21-10-11-31-28-21)8-3-15-1-4-16(5-2-15)23(30)27-24-25-19(14-34-24)17-6-7-20-18(13-17)9-12-32-33-20/h1-8,10-11,13-14H,9,12H2,(H,25,27,30)(H,26,28,29)/b8-3+. The molecule has 0 aliphatic carbocycles. The quantitative estimate of drug-likeness (QED) is 0.311. The van der Waals surface area contributed by atoms with Gasteiger partial charge in [-0.25, -0.2) is 4.98 Å². The van der Waals surface area contributed by atoms with Gasteiger partial charge in [0.2, 0.25) is 5.91 Å². The summed E-state index contributed by atoms with van der Waals surface area (Å²) in [5.41, 5.74) is 4.04. The lowest BCUT2D eigenvalue weighted by atomic mass is 10.1. The number of anilines is 2. The highest BCUT2D eigenvalue weighted by atomic mass is 32.1. The Morgan fingerprint density at radius 2 is 1.94 bits per heavy atom. The van der Waals surface area contributed by atoms with Crippen molar-refractivity contribution >= 4 is 40.2 Å². The molecule has 10 heteroatoms. The summed E-state index contributed by atoms with van der Waals surface area (Å²) in [6.07, 6.45) is 5.16. The van der Waals surface area contributed by atoms with Crippen LogP contribution >= 0.6 is 11.3 Å². The van der Waals surface area contributed by atoms with E-state index in [1.54, 1.807) is 36.4 Å². The van der Waals surface area contributed by atoms with Gasteiger partial charge in [-0.3, -0.25) is 14.9 Å². The molecule has 2 aromatic heterocycles. The summed E-state index contributed by atoms with van der Waals surface area (Å²) in [5, 5.41) is 11.4. The zero-order chi connectivity index (χ0) is 23.3. The van der Waals surface area contributed by atoms with E-state index in [1.807, 2.05) is 23.6 Å². The molecule has 0 saturated carbocycles. The van der Waals surface area contributed by atoms with Gasteiger partial charge in [0.05, 0.1) is 12.3 Å².